The van der Waals surface area contributed by atoms with Crippen molar-refractivity contribution in [3.05, 3.63) is 35.9 Å². The molecule has 0 fully saturated rings. The maximum atomic E-state index is 10.4. The second kappa shape index (κ2) is 7.70. The van der Waals surface area contributed by atoms with Gasteiger partial charge in [0.25, 0.3) is 0 Å². The van der Waals surface area contributed by atoms with Crippen molar-refractivity contribution in [3.63, 3.8) is 0 Å². The standard InChI is InChI=1S/C16H22O4/c1-4-16(2,3)20-12-11-19-14-8-5-13(6-9-14)7-10-15(17)18/h5-10H,4,11-12H2,1-3H3,(H,17,18). The summed E-state index contributed by atoms with van der Waals surface area (Å²) >= 11 is 0. The number of carbonyl (C=O) groups is 1. The molecule has 4 heteroatoms. The zero-order valence-electron chi connectivity index (χ0n) is 12.3. The lowest BCUT2D eigenvalue weighted by Gasteiger charge is -2.23. The lowest BCUT2D eigenvalue weighted by atomic mass is 10.1. The Bertz CT molecular complexity index is 446. The average Bonchev–Trinajstić information content (AvgIpc) is 2.42. The third kappa shape index (κ3) is 6.38. The Morgan fingerprint density at radius 1 is 1.25 bits per heavy atom. The van der Waals surface area contributed by atoms with E-state index in [1.54, 1.807) is 6.08 Å². The Kier molecular flexibility index (Phi) is 6.25. The molecule has 0 saturated carbocycles. The van der Waals surface area contributed by atoms with Gasteiger partial charge in [0.1, 0.15) is 12.4 Å². The number of ether oxygens (including phenoxy) is 2. The van der Waals surface area contributed by atoms with Crippen LogP contribution < -0.4 is 4.74 Å². The molecule has 0 spiro atoms. The fourth-order valence-electron chi connectivity index (χ4n) is 1.42. The Labute approximate surface area is 120 Å². The summed E-state index contributed by atoms with van der Waals surface area (Å²) in [7, 11) is 0. The van der Waals surface area contributed by atoms with Crippen LogP contribution in [0.5, 0.6) is 5.75 Å². The van der Waals surface area contributed by atoms with Crippen molar-refractivity contribution >= 4 is 12.0 Å². The van der Waals surface area contributed by atoms with E-state index in [1.807, 2.05) is 24.3 Å². The minimum absolute atomic E-state index is 0.116. The molecule has 0 aliphatic carbocycles. The molecule has 0 aliphatic heterocycles. The van der Waals surface area contributed by atoms with Crippen LogP contribution in [0.4, 0.5) is 0 Å². The lowest BCUT2D eigenvalue weighted by Crippen LogP contribution is -2.25. The molecule has 0 saturated heterocycles. The zero-order chi connectivity index (χ0) is 15.0. The number of hydrogen-bond acceptors (Lipinski definition) is 3. The van der Waals surface area contributed by atoms with Gasteiger partial charge in [0.2, 0.25) is 0 Å². The number of benzene rings is 1. The fraction of sp³-hybridized carbons (Fsp3) is 0.438. The SMILES string of the molecule is CCC(C)(C)OCCOc1ccc(C=CC(=O)O)cc1. The summed E-state index contributed by atoms with van der Waals surface area (Å²) in [5.74, 6) is -0.212. The summed E-state index contributed by atoms with van der Waals surface area (Å²) in [5.41, 5.74) is 0.706. The molecule has 0 aromatic heterocycles. The van der Waals surface area contributed by atoms with E-state index in [0.717, 1.165) is 23.8 Å². The number of hydrogen-bond donors (Lipinski definition) is 1. The van der Waals surface area contributed by atoms with Gasteiger partial charge in [0.05, 0.1) is 12.2 Å². The van der Waals surface area contributed by atoms with Gasteiger partial charge in [-0.25, -0.2) is 4.79 Å². The van der Waals surface area contributed by atoms with E-state index >= 15 is 0 Å². The van der Waals surface area contributed by atoms with Crippen LogP contribution in [0.1, 0.15) is 32.8 Å². The van der Waals surface area contributed by atoms with E-state index in [-0.39, 0.29) is 5.60 Å². The van der Waals surface area contributed by atoms with Crippen LogP contribution in [0.2, 0.25) is 0 Å². The molecule has 0 amide bonds. The topological polar surface area (TPSA) is 55.8 Å². The molecule has 110 valence electrons. The largest absolute Gasteiger partial charge is 0.491 e. The molecule has 0 heterocycles. The van der Waals surface area contributed by atoms with Crippen LogP contribution in [-0.4, -0.2) is 29.9 Å². The van der Waals surface area contributed by atoms with E-state index in [4.69, 9.17) is 14.6 Å². The minimum atomic E-state index is -0.957. The van der Waals surface area contributed by atoms with Crippen LogP contribution in [0, 0.1) is 0 Å². The molecule has 1 aromatic rings. The molecule has 0 atom stereocenters. The van der Waals surface area contributed by atoms with Crippen LogP contribution in [-0.2, 0) is 9.53 Å². The first-order valence-corrected chi connectivity index (χ1v) is 6.71. The van der Waals surface area contributed by atoms with Crippen molar-refractivity contribution in [2.75, 3.05) is 13.2 Å². The predicted octanol–water partition coefficient (Wildman–Crippen LogP) is 3.37. The van der Waals surface area contributed by atoms with Gasteiger partial charge in [-0.05, 0) is 44.0 Å². The van der Waals surface area contributed by atoms with Gasteiger partial charge in [0, 0.05) is 6.08 Å². The lowest BCUT2D eigenvalue weighted by molar-refractivity contribution is -0.131. The van der Waals surface area contributed by atoms with Crippen molar-refractivity contribution in [1.29, 1.82) is 0 Å². The molecule has 1 aromatic carbocycles. The summed E-state index contributed by atoms with van der Waals surface area (Å²) in [6.45, 7) is 7.23. The Hall–Kier alpha value is -1.81. The monoisotopic (exact) mass is 278 g/mol. The van der Waals surface area contributed by atoms with Crippen LogP contribution in [0.15, 0.2) is 30.3 Å². The highest BCUT2D eigenvalue weighted by atomic mass is 16.5. The molecule has 1 N–H and O–H groups in total. The van der Waals surface area contributed by atoms with Crippen LogP contribution in [0.3, 0.4) is 0 Å². The molecule has 4 nitrogen and oxygen atoms in total. The van der Waals surface area contributed by atoms with E-state index in [2.05, 4.69) is 20.8 Å². The second-order valence-electron chi connectivity index (χ2n) is 5.05. The quantitative estimate of drug-likeness (QED) is 0.585. The molecule has 1 rings (SSSR count). The van der Waals surface area contributed by atoms with Crippen LogP contribution >= 0.6 is 0 Å². The van der Waals surface area contributed by atoms with E-state index in [1.165, 1.54) is 0 Å². The number of aliphatic carboxylic acids is 1. The first kappa shape index (κ1) is 16.2. The number of carboxylic acids is 1. The summed E-state index contributed by atoms with van der Waals surface area (Å²) in [4.78, 5) is 10.4. The Morgan fingerprint density at radius 2 is 1.90 bits per heavy atom. The summed E-state index contributed by atoms with van der Waals surface area (Å²) in [6, 6.07) is 7.25. The number of rotatable bonds is 8. The van der Waals surface area contributed by atoms with Gasteiger partial charge in [0.15, 0.2) is 0 Å². The van der Waals surface area contributed by atoms with Gasteiger partial charge in [-0.15, -0.1) is 0 Å². The molecular weight excluding hydrogens is 256 g/mol. The summed E-state index contributed by atoms with van der Waals surface area (Å²) < 4.78 is 11.2. The van der Waals surface area contributed by atoms with Crippen molar-refractivity contribution in [2.24, 2.45) is 0 Å². The summed E-state index contributed by atoms with van der Waals surface area (Å²) in [5, 5.41) is 8.53. The predicted molar refractivity (Wildman–Crippen MR) is 78.9 cm³/mol. The first-order valence-electron chi connectivity index (χ1n) is 6.71. The van der Waals surface area contributed by atoms with E-state index < -0.39 is 5.97 Å². The molecule has 20 heavy (non-hydrogen) atoms. The highest BCUT2D eigenvalue weighted by Crippen LogP contribution is 2.15. The molecule has 0 aliphatic rings. The van der Waals surface area contributed by atoms with Gasteiger partial charge in [-0.3, -0.25) is 0 Å². The van der Waals surface area contributed by atoms with Crippen molar-refractivity contribution < 1.29 is 19.4 Å². The maximum absolute atomic E-state index is 10.4. The highest BCUT2D eigenvalue weighted by molar-refractivity contribution is 5.85. The van der Waals surface area contributed by atoms with Crippen LogP contribution in [0.25, 0.3) is 6.08 Å². The Balaban J connectivity index is 2.37. The number of carboxylic acid groups (broad SMARTS) is 1. The van der Waals surface area contributed by atoms with Crippen molar-refractivity contribution in [3.8, 4) is 5.75 Å². The summed E-state index contributed by atoms with van der Waals surface area (Å²) in [6.07, 6.45) is 3.60. The zero-order valence-corrected chi connectivity index (χ0v) is 12.3. The second-order valence-corrected chi connectivity index (χ2v) is 5.05. The third-order valence-electron chi connectivity index (χ3n) is 2.99. The normalized spacial score (nSPS) is 11.8. The van der Waals surface area contributed by atoms with Gasteiger partial charge in [-0.2, -0.15) is 0 Å². The molecule has 0 bridgehead atoms. The van der Waals surface area contributed by atoms with E-state index in [9.17, 15) is 4.79 Å². The van der Waals surface area contributed by atoms with Gasteiger partial charge < -0.3 is 14.6 Å². The highest BCUT2D eigenvalue weighted by Gasteiger charge is 2.14. The molecule has 0 radical (unpaired) electrons. The van der Waals surface area contributed by atoms with Gasteiger partial charge in [-0.1, -0.05) is 19.1 Å². The third-order valence-corrected chi connectivity index (χ3v) is 2.99. The molecular formula is C16H22O4. The average molecular weight is 278 g/mol. The Morgan fingerprint density at radius 3 is 2.45 bits per heavy atom. The maximum Gasteiger partial charge on any atom is 0.328 e. The smallest absolute Gasteiger partial charge is 0.328 e. The minimum Gasteiger partial charge on any atom is -0.491 e. The first-order chi connectivity index (χ1) is 9.43. The van der Waals surface area contributed by atoms with Crippen molar-refractivity contribution in [1.82, 2.24) is 0 Å². The fourth-order valence-corrected chi connectivity index (χ4v) is 1.42. The molecule has 0 unspecified atom stereocenters. The van der Waals surface area contributed by atoms with Crippen molar-refractivity contribution in [2.45, 2.75) is 32.8 Å². The van der Waals surface area contributed by atoms with Gasteiger partial charge >= 0.3 is 5.97 Å². The van der Waals surface area contributed by atoms with E-state index in [0.29, 0.717) is 13.2 Å².